The Bertz CT molecular complexity index is 1030. The number of hydrogen-bond acceptors (Lipinski definition) is 8. The van der Waals surface area contributed by atoms with Crippen LogP contribution in [0.15, 0.2) is 52.2 Å². The first-order valence-electron chi connectivity index (χ1n) is 8.79. The maximum atomic E-state index is 12.2. The number of rotatable bonds is 8. The van der Waals surface area contributed by atoms with Crippen molar-refractivity contribution in [2.75, 3.05) is 18.2 Å². The van der Waals surface area contributed by atoms with Gasteiger partial charge in [-0.2, -0.15) is 0 Å². The summed E-state index contributed by atoms with van der Waals surface area (Å²) in [5.74, 6) is -0.166. The molecule has 30 heavy (non-hydrogen) atoms. The summed E-state index contributed by atoms with van der Waals surface area (Å²) in [6.45, 7) is 0.169. The average Bonchev–Trinajstić information content (AvgIpc) is 3.41. The lowest BCUT2D eigenvalue weighted by Gasteiger charge is -2.07. The molecule has 0 saturated carbocycles. The Morgan fingerprint density at radius 2 is 1.93 bits per heavy atom. The van der Waals surface area contributed by atoms with Crippen LogP contribution in [0.5, 0.6) is 0 Å². The van der Waals surface area contributed by atoms with Crippen LogP contribution < -0.4 is 10.6 Å². The van der Waals surface area contributed by atoms with E-state index in [4.69, 9.17) is 4.42 Å². The highest BCUT2D eigenvalue weighted by Crippen LogP contribution is 2.17. The highest BCUT2D eigenvalue weighted by Gasteiger charge is 2.14. The first kappa shape index (κ1) is 21.1. The molecule has 0 bridgehead atoms. The molecular weight excluding hydrogens is 410 g/mol. The molecule has 0 fully saturated rings. The quantitative estimate of drug-likeness (QED) is 0.410. The number of aromatic nitrogens is 3. The van der Waals surface area contributed by atoms with Crippen molar-refractivity contribution in [3.05, 3.63) is 59.8 Å². The van der Waals surface area contributed by atoms with E-state index in [1.54, 1.807) is 48.0 Å². The topological polar surface area (TPSA) is 128 Å². The number of amides is 2. The van der Waals surface area contributed by atoms with Crippen molar-refractivity contribution in [1.29, 1.82) is 0 Å². The van der Waals surface area contributed by atoms with Crippen LogP contribution in [0.25, 0.3) is 0 Å². The zero-order valence-corrected chi connectivity index (χ0v) is 17.1. The molecule has 0 aliphatic heterocycles. The molecular formula is C19H19N5O5S. The maximum Gasteiger partial charge on any atom is 0.337 e. The van der Waals surface area contributed by atoms with E-state index in [1.165, 1.54) is 25.1 Å². The van der Waals surface area contributed by atoms with Crippen LogP contribution in [-0.4, -0.2) is 45.4 Å². The minimum Gasteiger partial charge on any atom is -0.465 e. The largest absolute Gasteiger partial charge is 0.465 e. The van der Waals surface area contributed by atoms with Crippen molar-refractivity contribution in [3.8, 4) is 0 Å². The van der Waals surface area contributed by atoms with Gasteiger partial charge in [-0.3, -0.25) is 9.59 Å². The third kappa shape index (κ3) is 5.26. The Morgan fingerprint density at radius 1 is 1.17 bits per heavy atom. The number of benzene rings is 1. The first-order valence-corrected chi connectivity index (χ1v) is 9.77. The van der Waals surface area contributed by atoms with Gasteiger partial charge in [0.2, 0.25) is 5.91 Å². The number of nitrogens with one attached hydrogen (secondary N) is 2. The van der Waals surface area contributed by atoms with Crippen LogP contribution in [0, 0.1) is 0 Å². The Morgan fingerprint density at radius 3 is 2.60 bits per heavy atom. The standard InChI is InChI=1S/C19H19N5O5S/c1-24-15(10-20-17(26)14-4-3-9-29-14)22-23-19(24)30-11-16(25)21-13-7-5-12(6-8-13)18(27)28-2/h3-9H,10-11H2,1-2H3,(H,20,26)(H,21,25). The second-order valence-electron chi connectivity index (χ2n) is 6.02. The van der Waals surface area contributed by atoms with Gasteiger partial charge >= 0.3 is 5.97 Å². The summed E-state index contributed by atoms with van der Waals surface area (Å²) in [5.41, 5.74) is 0.961. The predicted octanol–water partition coefficient (Wildman–Crippen LogP) is 1.86. The zero-order valence-electron chi connectivity index (χ0n) is 16.2. The van der Waals surface area contributed by atoms with Gasteiger partial charge in [-0.1, -0.05) is 11.8 Å². The number of carbonyl (C=O) groups excluding carboxylic acids is 3. The molecule has 0 aliphatic carbocycles. The highest BCUT2D eigenvalue weighted by molar-refractivity contribution is 7.99. The summed E-state index contributed by atoms with van der Waals surface area (Å²) in [4.78, 5) is 35.5. The maximum absolute atomic E-state index is 12.2. The fourth-order valence-corrected chi connectivity index (χ4v) is 3.14. The van der Waals surface area contributed by atoms with Crippen molar-refractivity contribution >= 4 is 35.2 Å². The molecule has 0 spiro atoms. The fraction of sp³-hybridized carbons (Fsp3) is 0.211. The molecule has 1 aromatic carbocycles. The summed E-state index contributed by atoms with van der Waals surface area (Å²) in [6, 6.07) is 9.58. The lowest BCUT2D eigenvalue weighted by Crippen LogP contribution is -2.24. The molecule has 0 saturated heterocycles. The third-order valence-electron chi connectivity index (χ3n) is 4.00. The van der Waals surface area contributed by atoms with Crippen LogP contribution >= 0.6 is 11.8 Å². The van der Waals surface area contributed by atoms with Crippen LogP contribution in [0.4, 0.5) is 5.69 Å². The lowest BCUT2D eigenvalue weighted by molar-refractivity contribution is -0.113. The molecule has 11 heteroatoms. The second-order valence-corrected chi connectivity index (χ2v) is 6.97. The Kier molecular flexibility index (Phi) is 6.86. The van der Waals surface area contributed by atoms with Crippen molar-refractivity contribution < 1.29 is 23.5 Å². The molecule has 3 aromatic rings. The number of furan rings is 1. The fourth-order valence-electron chi connectivity index (χ4n) is 2.41. The summed E-state index contributed by atoms with van der Waals surface area (Å²) in [6.07, 6.45) is 1.42. The Labute approximate surface area is 176 Å². The normalized spacial score (nSPS) is 10.5. The van der Waals surface area contributed by atoms with E-state index < -0.39 is 5.97 Å². The molecule has 0 radical (unpaired) electrons. The molecule has 3 rings (SSSR count). The smallest absolute Gasteiger partial charge is 0.337 e. The molecule has 0 atom stereocenters. The zero-order chi connectivity index (χ0) is 21.5. The number of thioether (sulfide) groups is 1. The Hall–Kier alpha value is -3.60. The SMILES string of the molecule is COC(=O)c1ccc(NC(=O)CSc2nnc(CNC(=O)c3ccco3)n2C)cc1. The van der Waals surface area contributed by atoms with Crippen LogP contribution in [-0.2, 0) is 23.1 Å². The monoisotopic (exact) mass is 429 g/mol. The van der Waals surface area contributed by atoms with Crippen molar-refractivity contribution in [2.45, 2.75) is 11.7 Å². The van der Waals surface area contributed by atoms with Gasteiger partial charge in [0.15, 0.2) is 16.7 Å². The van der Waals surface area contributed by atoms with Crippen LogP contribution in [0.1, 0.15) is 26.7 Å². The van der Waals surface area contributed by atoms with E-state index in [-0.39, 0.29) is 29.9 Å². The highest BCUT2D eigenvalue weighted by atomic mass is 32.2. The number of anilines is 1. The average molecular weight is 429 g/mol. The number of hydrogen-bond donors (Lipinski definition) is 2. The minimum absolute atomic E-state index is 0.115. The number of esters is 1. The molecule has 2 N–H and O–H groups in total. The van der Waals surface area contributed by atoms with Gasteiger partial charge in [0, 0.05) is 12.7 Å². The van der Waals surface area contributed by atoms with E-state index in [0.29, 0.717) is 22.2 Å². The van der Waals surface area contributed by atoms with Crippen LogP contribution in [0.3, 0.4) is 0 Å². The van der Waals surface area contributed by atoms with Gasteiger partial charge in [-0.15, -0.1) is 10.2 Å². The van der Waals surface area contributed by atoms with Crippen molar-refractivity contribution in [2.24, 2.45) is 7.05 Å². The molecule has 0 unspecified atom stereocenters. The molecule has 2 amide bonds. The van der Waals surface area contributed by atoms with E-state index in [0.717, 1.165) is 0 Å². The molecule has 156 valence electrons. The predicted molar refractivity (Wildman–Crippen MR) is 108 cm³/mol. The van der Waals surface area contributed by atoms with Crippen molar-refractivity contribution in [3.63, 3.8) is 0 Å². The summed E-state index contributed by atoms with van der Waals surface area (Å²) >= 11 is 1.21. The molecule has 2 aromatic heterocycles. The van der Waals surface area contributed by atoms with Gasteiger partial charge in [0.05, 0.1) is 31.2 Å². The van der Waals surface area contributed by atoms with Gasteiger partial charge in [-0.05, 0) is 36.4 Å². The molecule has 0 aliphatic rings. The Balaban J connectivity index is 1.49. The second kappa shape index (κ2) is 9.74. The number of nitrogens with zero attached hydrogens (tertiary/aromatic N) is 3. The van der Waals surface area contributed by atoms with Gasteiger partial charge in [0.1, 0.15) is 0 Å². The van der Waals surface area contributed by atoms with Gasteiger partial charge in [-0.25, -0.2) is 4.79 Å². The van der Waals surface area contributed by atoms with E-state index in [2.05, 4.69) is 25.6 Å². The van der Waals surface area contributed by atoms with Crippen LogP contribution in [0.2, 0.25) is 0 Å². The molecule has 10 nitrogen and oxygen atoms in total. The lowest BCUT2D eigenvalue weighted by atomic mass is 10.2. The summed E-state index contributed by atoms with van der Waals surface area (Å²) in [7, 11) is 3.06. The van der Waals surface area contributed by atoms with E-state index in [9.17, 15) is 14.4 Å². The summed E-state index contributed by atoms with van der Waals surface area (Å²) in [5, 5.41) is 14.1. The third-order valence-corrected chi connectivity index (χ3v) is 5.02. The number of ether oxygens (including phenoxy) is 1. The number of carbonyl (C=O) groups is 3. The van der Waals surface area contributed by atoms with Crippen molar-refractivity contribution in [1.82, 2.24) is 20.1 Å². The van der Waals surface area contributed by atoms with Gasteiger partial charge < -0.3 is 24.4 Å². The van der Waals surface area contributed by atoms with E-state index >= 15 is 0 Å². The summed E-state index contributed by atoms with van der Waals surface area (Å²) < 4.78 is 11.4. The van der Waals surface area contributed by atoms with E-state index in [1.807, 2.05) is 0 Å². The minimum atomic E-state index is -0.443. The molecule has 2 heterocycles. The number of methoxy groups -OCH3 is 1. The van der Waals surface area contributed by atoms with Gasteiger partial charge in [0.25, 0.3) is 5.91 Å². The first-order chi connectivity index (χ1) is 14.5.